The predicted molar refractivity (Wildman–Crippen MR) is 112 cm³/mol. The Bertz CT molecular complexity index is 242. The van der Waals surface area contributed by atoms with Crippen molar-refractivity contribution >= 4 is 0 Å². The lowest BCUT2D eigenvalue weighted by atomic mass is 10.1. The average Bonchev–Trinajstić information content (AvgIpc) is 2.63. The van der Waals surface area contributed by atoms with Crippen LogP contribution < -0.4 is 11.1 Å². The van der Waals surface area contributed by atoms with Crippen molar-refractivity contribution in [3.63, 3.8) is 0 Å². The maximum absolute atomic E-state index is 5.53. The summed E-state index contributed by atoms with van der Waals surface area (Å²) in [6.07, 6.45) is 22.5. The lowest BCUT2D eigenvalue weighted by Crippen LogP contribution is -2.30. The average molecular weight is 354 g/mol. The molecule has 0 amide bonds. The molecule has 1 fully saturated rings. The van der Waals surface area contributed by atoms with E-state index < -0.39 is 0 Å². The number of hydrogen-bond acceptors (Lipinski definition) is 3. The van der Waals surface area contributed by atoms with Crippen molar-refractivity contribution < 1.29 is 0 Å². The lowest BCUT2D eigenvalue weighted by molar-refractivity contribution is 0.256. The van der Waals surface area contributed by atoms with E-state index in [9.17, 15) is 0 Å². The van der Waals surface area contributed by atoms with Crippen molar-refractivity contribution in [2.75, 3.05) is 39.3 Å². The highest BCUT2D eigenvalue weighted by atomic mass is 15.1. The van der Waals surface area contributed by atoms with E-state index in [2.05, 4.69) is 10.2 Å². The Balaban J connectivity index is 2.10. The van der Waals surface area contributed by atoms with Crippen molar-refractivity contribution in [1.82, 2.24) is 10.2 Å². The molecule has 1 rings (SSSR count). The summed E-state index contributed by atoms with van der Waals surface area (Å²) >= 11 is 0. The molecule has 0 aromatic rings. The molecule has 0 aliphatic carbocycles. The Morgan fingerprint density at radius 1 is 0.560 bits per heavy atom. The van der Waals surface area contributed by atoms with Crippen molar-refractivity contribution in [2.24, 2.45) is 5.73 Å². The Morgan fingerprint density at radius 3 is 1.56 bits per heavy atom. The molecule has 0 aromatic heterocycles. The fourth-order valence-corrected chi connectivity index (χ4v) is 3.90. The smallest absolute Gasteiger partial charge is 0.000664 e. The van der Waals surface area contributed by atoms with Crippen LogP contribution in [0.4, 0.5) is 0 Å². The zero-order chi connectivity index (χ0) is 17.8. The molecule has 1 saturated heterocycles. The topological polar surface area (TPSA) is 41.3 Å². The summed E-state index contributed by atoms with van der Waals surface area (Å²) in [5, 5.41) is 3.61. The predicted octanol–water partition coefficient (Wildman–Crippen LogP) is 5.09. The molecular weight excluding hydrogens is 306 g/mol. The maximum atomic E-state index is 5.53. The summed E-state index contributed by atoms with van der Waals surface area (Å²) in [6.45, 7) is 7.14. The minimum absolute atomic E-state index is 0.842. The van der Waals surface area contributed by atoms with Crippen LogP contribution in [0, 0.1) is 0 Å². The monoisotopic (exact) mass is 353 g/mol. The Kier molecular flexibility index (Phi) is 17.1. The maximum Gasteiger partial charge on any atom is -0.000664 e. The second kappa shape index (κ2) is 18.7. The van der Waals surface area contributed by atoms with Crippen LogP contribution in [0.15, 0.2) is 0 Å². The van der Waals surface area contributed by atoms with Gasteiger partial charge in [-0.2, -0.15) is 0 Å². The van der Waals surface area contributed by atoms with Gasteiger partial charge in [-0.15, -0.1) is 0 Å². The quantitative estimate of drug-likeness (QED) is 0.567. The van der Waals surface area contributed by atoms with Gasteiger partial charge in [-0.3, -0.25) is 0 Å². The third kappa shape index (κ3) is 15.8. The van der Waals surface area contributed by atoms with Gasteiger partial charge in [0.05, 0.1) is 0 Å². The minimum atomic E-state index is 0.842. The molecule has 3 N–H and O–H groups in total. The van der Waals surface area contributed by atoms with Crippen molar-refractivity contribution in [1.29, 1.82) is 0 Å². The molecule has 0 spiro atoms. The first-order valence-corrected chi connectivity index (χ1v) is 11.6. The molecule has 1 heterocycles. The van der Waals surface area contributed by atoms with Crippen LogP contribution in [0.2, 0.25) is 0 Å². The van der Waals surface area contributed by atoms with Crippen LogP contribution in [-0.4, -0.2) is 44.2 Å². The van der Waals surface area contributed by atoms with Gasteiger partial charge in [-0.25, -0.2) is 0 Å². The van der Waals surface area contributed by atoms with E-state index >= 15 is 0 Å². The van der Waals surface area contributed by atoms with Crippen LogP contribution in [0.5, 0.6) is 0 Å². The molecule has 150 valence electrons. The van der Waals surface area contributed by atoms with Gasteiger partial charge in [0, 0.05) is 0 Å². The highest BCUT2D eigenvalue weighted by Gasteiger charge is 2.05. The Morgan fingerprint density at radius 2 is 1.04 bits per heavy atom. The van der Waals surface area contributed by atoms with Gasteiger partial charge in [-0.05, 0) is 71.4 Å². The van der Waals surface area contributed by atoms with Crippen molar-refractivity contribution in [2.45, 2.75) is 103 Å². The summed E-state index contributed by atoms with van der Waals surface area (Å²) in [7, 11) is 0. The van der Waals surface area contributed by atoms with E-state index in [1.54, 1.807) is 0 Å². The fraction of sp³-hybridized carbons (Fsp3) is 1.00. The molecule has 3 nitrogen and oxygen atoms in total. The molecule has 3 heteroatoms. The van der Waals surface area contributed by atoms with Gasteiger partial charge in [0.15, 0.2) is 0 Å². The Labute approximate surface area is 158 Å². The zero-order valence-corrected chi connectivity index (χ0v) is 17.1. The minimum Gasteiger partial charge on any atom is -0.330 e. The number of rotatable bonds is 9. The summed E-state index contributed by atoms with van der Waals surface area (Å²) in [4.78, 5) is 2.75. The highest BCUT2D eigenvalue weighted by molar-refractivity contribution is 4.62. The van der Waals surface area contributed by atoms with E-state index in [4.69, 9.17) is 5.73 Å². The van der Waals surface area contributed by atoms with E-state index in [-0.39, 0.29) is 0 Å². The standard InChI is InChI=1S/C22H47N3/c23-17-12-11-13-18-24-19-16-22-25-20-14-9-7-5-3-1-2-4-6-8-10-15-21-25/h24H,1-23H2. The number of nitrogens with zero attached hydrogens (tertiary/aromatic N) is 1. The summed E-state index contributed by atoms with van der Waals surface area (Å²) in [5.74, 6) is 0. The second-order valence-corrected chi connectivity index (χ2v) is 8.04. The second-order valence-electron chi connectivity index (χ2n) is 8.04. The molecule has 1 aliphatic rings. The summed E-state index contributed by atoms with van der Waals surface area (Å²) in [6, 6.07) is 0. The third-order valence-electron chi connectivity index (χ3n) is 5.58. The van der Waals surface area contributed by atoms with E-state index in [1.807, 2.05) is 0 Å². The van der Waals surface area contributed by atoms with Gasteiger partial charge in [0.25, 0.3) is 0 Å². The first kappa shape index (κ1) is 22.9. The van der Waals surface area contributed by atoms with Crippen LogP contribution in [-0.2, 0) is 0 Å². The van der Waals surface area contributed by atoms with Crippen LogP contribution in [0.3, 0.4) is 0 Å². The largest absolute Gasteiger partial charge is 0.330 e. The molecule has 0 atom stereocenters. The van der Waals surface area contributed by atoms with Crippen molar-refractivity contribution in [3.05, 3.63) is 0 Å². The molecule has 0 bridgehead atoms. The first-order chi connectivity index (χ1) is 12.4. The van der Waals surface area contributed by atoms with E-state index in [1.165, 1.54) is 135 Å². The molecule has 0 aromatic carbocycles. The van der Waals surface area contributed by atoms with Crippen LogP contribution >= 0.6 is 0 Å². The van der Waals surface area contributed by atoms with Crippen LogP contribution in [0.1, 0.15) is 103 Å². The molecule has 0 unspecified atom stereocenters. The van der Waals surface area contributed by atoms with Crippen LogP contribution in [0.25, 0.3) is 0 Å². The normalized spacial score (nSPS) is 20.0. The molecular formula is C22H47N3. The Hall–Kier alpha value is -0.120. The molecule has 0 saturated carbocycles. The van der Waals surface area contributed by atoms with Gasteiger partial charge < -0.3 is 16.0 Å². The number of nitrogens with one attached hydrogen (secondary N) is 1. The third-order valence-corrected chi connectivity index (χ3v) is 5.58. The summed E-state index contributed by atoms with van der Waals surface area (Å²) in [5.41, 5.74) is 5.53. The number of nitrogens with two attached hydrogens (primary N) is 1. The number of hydrogen-bond donors (Lipinski definition) is 2. The van der Waals surface area contributed by atoms with Gasteiger partial charge >= 0.3 is 0 Å². The van der Waals surface area contributed by atoms with E-state index in [0.29, 0.717) is 0 Å². The summed E-state index contributed by atoms with van der Waals surface area (Å²) < 4.78 is 0. The lowest BCUT2D eigenvalue weighted by Gasteiger charge is -2.22. The molecule has 0 radical (unpaired) electrons. The highest BCUT2D eigenvalue weighted by Crippen LogP contribution is 2.13. The molecule has 25 heavy (non-hydrogen) atoms. The fourth-order valence-electron chi connectivity index (χ4n) is 3.90. The number of unbranched alkanes of at least 4 members (excludes halogenated alkanes) is 2. The molecule has 1 aliphatic heterocycles. The van der Waals surface area contributed by atoms with Crippen molar-refractivity contribution in [3.8, 4) is 0 Å². The first-order valence-electron chi connectivity index (χ1n) is 11.6. The van der Waals surface area contributed by atoms with Gasteiger partial charge in [-0.1, -0.05) is 70.6 Å². The SMILES string of the molecule is NCCCCCNCCCN1CCCCCCCCCCCCCC1. The van der Waals surface area contributed by atoms with E-state index in [0.717, 1.165) is 6.54 Å². The van der Waals surface area contributed by atoms with Gasteiger partial charge in [0.2, 0.25) is 0 Å². The zero-order valence-electron chi connectivity index (χ0n) is 17.1. The van der Waals surface area contributed by atoms with Gasteiger partial charge in [0.1, 0.15) is 0 Å².